The van der Waals surface area contributed by atoms with Crippen LogP contribution in [-0.4, -0.2) is 18.4 Å². The molecular weight excluding hydrogens is 214 g/mol. The van der Waals surface area contributed by atoms with Crippen molar-refractivity contribution < 1.29 is 9.59 Å². The number of nitrogens with two attached hydrogens (primary N) is 2. The third-order valence-corrected chi connectivity index (χ3v) is 3.24. The zero-order valence-electron chi connectivity index (χ0n) is 7.97. The van der Waals surface area contributed by atoms with Gasteiger partial charge in [0.2, 0.25) is 11.8 Å². The van der Waals surface area contributed by atoms with E-state index in [0.717, 1.165) is 0 Å². The first-order valence-electron chi connectivity index (χ1n) is 4.51. The van der Waals surface area contributed by atoms with Crippen molar-refractivity contribution in [3.05, 3.63) is 10.8 Å². The van der Waals surface area contributed by atoms with Crippen LogP contribution >= 0.6 is 11.3 Å². The number of hydrogen-bond donors (Lipinski definition) is 2. The minimum Gasteiger partial charge on any atom is -0.396 e. The molecule has 80 valence electrons. The van der Waals surface area contributed by atoms with Gasteiger partial charge in [-0.3, -0.25) is 9.59 Å². The molecular formula is C9H11N3O2S. The molecule has 1 aliphatic rings. The molecule has 0 aromatic carbocycles. The largest absolute Gasteiger partial charge is 0.396 e. The average molecular weight is 225 g/mol. The van der Waals surface area contributed by atoms with Gasteiger partial charge in [-0.15, -0.1) is 11.3 Å². The zero-order valence-corrected chi connectivity index (χ0v) is 8.79. The van der Waals surface area contributed by atoms with E-state index in [0.29, 0.717) is 17.9 Å². The van der Waals surface area contributed by atoms with Gasteiger partial charge in [-0.05, 0) is 0 Å². The van der Waals surface area contributed by atoms with Crippen LogP contribution in [-0.2, 0) is 9.59 Å². The number of hydrogen-bond acceptors (Lipinski definition) is 4. The van der Waals surface area contributed by atoms with Gasteiger partial charge in [-0.2, -0.15) is 0 Å². The van der Waals surface area contributed by atoms with Crippen LogP contribution in [0.2, 0.25) is 0 Å². The van der Waals surface area contributed by atoms with Crippen LogP contribution in [0.25, 0.3) is 0 Å². The Balaban J connectivity index is 2.22. The molecule has 2 amide bonds. The van der Waals surface area contributed by atoms with E-state index < -0.39 is 11.8 Å². The summed E-state index contributed by atoms with van der Waals surface area (Å²) in [7, 11) is 0. The molecule has 6 heteroatoms. The van der Waals surface area contributed by atoms with E-state index >= 15 is 0 Å². The lowest BCUT2D eigenvalue weighted by molar-refractivity contribution is -0.123. The molecule has 4 N–H and O–H groups in total. The molecule has 1 aromatic heterocycles. The summed E-state index contributed by atoms with van der Waals surface area (Å²) in [6, 6.07) is 0. The summed E-state index contributed by atoms with van der Waals surface area (Å²) >= 11 is 1.43. The van der Waals surface area contributed by atoms with Crippen LogP contribution in [0.5, 0.6) is 0 Å². The fraction of sp³-hybridized carbons (Fsp3) is 0.333. The average Bonchev–Trinajstić information content (AvgIpc) is 2.71. The van der Waals surface area contributed by atoms with Crippen molar-refractivity contribution in [2.45, 2.75) is 6.42 Å². The predicted octanol–water partition coefficient (Wildman–Crippen LogP) is 0.168. The summed E-state index contributed by atoms with van der Waals surface area (Å²) < 4.78 is 0. The Morgan fingerprint density at radius 3 is 2.73 bits per heavy atom. The van der Waals surface area contributed by atoms with Crippen molar-refractivity contribution in [2.75, 3.05) is 17.2 Å². The van der Waals surface area contributed by atoms with Crippen LogP contribution in [0.1, 0.15) is 6.42 Å². The molecule has 1 aromatic rings. The molecule has 15 heavy (non-hydrogen) atoms. The minimum absolute atomic E-state index is 0.0936. The van der Waals surface area contributed by atoms with Gasteiger partial charge in [0.25, 0.3) is 0 Å². The number of carbonyl (C=O) groups is 2. The topological polar surface area (TPSA) is 89.4 Å². The van der Waals surface area contributed by atoms with Crippen molar-refractivity contribution in [1.29, 1.82) is 0 Å². The number of nitrogen functional groups attached to an aromatic ring is 1. The third-order valence-electron chi connectivity index (χ3n) is 2.49. The standard InChI is InChI=1S/C9H11N3O2S/c10-6-3-15-4-7(6)12-2-5(9(11)14)1-8(12)13/h3-5H,1-2,10H2,(H2,11,14). The Hall–Kier alpha value is -1.56. The monoisotopic (exact) mass is 225 g/mol. The Morgan fingerprint density at radius 2 is 2.27 bits per heavy atom. The van der Waals surface area contributed by atoms with Gasteiger partial charge in [0.05, 0.1) is 17.3 Å². The molecule has 1 saturated heterocycles. The highest BCUT2D eigenvalue weighted by molar-refractivity contribution is 7.09. The van der Waals surface area contributed by atoms with E-state index in [2.05, 4.69) is 0 Å². The highest BCUT2D eigenvalue weighted by atomic mass is 32.1. The first kappa shape index (κ1) is 9.97. The lowest BCUT2D eigenvalue weighted by Gasteiger charge is -2.15. The molecule has 1 fully saturated rings. The van der Waals surface area contributed by atoms with Crippen LogP contribution in [0.3, 0.4) is 0 Å². The summed E-state index contributed by atoms with van der Waals surface area (Å²) in [5, 5.41) is 3.57. The molecule has 0 saturated carbocycles. The molecule has 2 rings (SSSR count). The van der Waals surface area contributed by atoms with E-state index in [-0.39, 0.29) is 12.3 Å². The van der Waals surface area contributed by atoms with Crippen LogP contribution in [0.4, 0.5) is 11.4 Å². The van der Waals surface area contributed by atoms with Gasteiger partial charge in [-0.1, -0.05) is 0 Å². The second kappa shape index (κ2) is 3.54. The minimum atomic E-state index is -0.431. The van der Waals surface area contributed by atoms with Crippen molar-refractivity contribution >= 4 is 34.5 Å². The smallest absolute Gasteiger partial charge is 0.227 e. The zero-order chi connectivity index (χ0) is 11.0. The second-order valence-electron chi connectivity index (χ2n) is 3.52. The maximum atomic E-state index is 11.6. The summed E-state index contributed by atoms with van der Waals surface area (Å²) in [6.45, 7) is 0.342. The first-order valence-corrected chi connectivity index (χ1v) is 5.45. The van der Waals surface area contributed by atoms with Crippen LogP contribution < -0.4 is 16.4 Å². The maximum Gasteiger partial charge on any atom is 0.227 e. The normalized spacial score (nSPS) is 20.9. The van der Waals surface area contributed by atoms with Crippen LogP contribution in [0.15, 0.2) is 10.8 Å². The van der Waals surface area contributed by atoms with Gasteiger partial charge >= 0.3 is 0 Å². The molecule has 0 bridgehead atoms. The molecule has 0 spiro atoms. The van der Waals surface area contributed by atoms with Gasteiger partial charge in [-0.25, -0.2) is 0 Å². The first-order chi connectivity index (χ1) is 7.09. The van der Waals surface area contributed by atoms with Crippen molar-refractivity contribution in [2.24, 2.45) is 11.7 Å². The van der Waals surface area contributed by atoms with Gasteiger partial charge in [0, 0.05) is 23.7 Å². The molecule has 0 radical (unpaired) electrons. The summed E-state index contributed by atoms with van der Waals surface area (Å²) in [4.78, 5) is 24.1. The quantitative estimate of drug-likeness (QED) is 0.751. The van der Waals surface area contributed by atoms with E-state index in [1.54, 1.807) is 10.8 Å². The number of amides is 2. The lowest BCUT2D eigenvalue weighted by Crippen LogP contribution is -2.28. The maximum absolute atomic E-state index is 11.6. The molecule has 1 atom stereocenters. The number of primary amides is 1. The fourth-order valence-corrected chi connectivity index (χ4v) is 2.38. The number of carbonyl (C=O) groups excluding carboxylic acids is 2. The van der Waals surface area contributed by atoms with E-state index in [4.69, 9.17) is 11.5 Å². The van der Waals surface area contributed by atoms with Gasteiger partial charge in [0.1, 0.15) is 0 Å². The second-order valence-corrected chi connectivity index (χ2v) is 4.26. The molecule has 1 unspecified atom stereocenters. The third kappa shape index (κ3) is 1.68. The van der Waals surface area contributed by atoms with E-state index in [1.807, 2.05) is 0 Å². The number of anilines is 2. The Morgan fingerprint density at radius 1 is 1.53 bits per heavy atom. The Bertz CT molecular complexity index is 415. The SMILES string of the molecule is NC(=O)C1CC(=O)N(c2cscc2N)C1. The van der Waals surface area contributed by atoms with Crippen molar-refractivity contribution in [1.82, 2.24) is 0 Å². The van der Waals surface area contributed by atoms with E-state index in [9.17, 15) is 9.59 Å². The fourth-order valence-electron chi connectivity index (χ4n) is 1.65. The summed E-state index contributed by atoms with van der Waals surface area (Å²) in [5.74, 6) is -0.916. The Labute approximate surface area is 90.7 Å². The molecule has 1 aliphatic heterocycles. The summed E-state index contributed by atoms with van der Waals surface area (Å²) in [6.07, 6.45) is 0.185. The summed E-state index contributed by atoms with van der Waals surface area (Å²) in [5.41, 5.74) is 12.1. The highest BCUT2D eigenvalue weighted by Crippen LogP contribution is 2.32. The van der Waals surface area contributed by atoms with Crippen molar-refractivity contribution in [3.8, 4) is 0 Å². The Kier molecular flexibility index (Phi) is 2.36. The number of nitrogens with zero attached hydrogens (tertiary/aromatic N) is 1. The lowest BCUT2D eigenvalue weighted by atomic mass is 10.1. The van der Waals surface area contributed by atoms with E-state index in [1.165, 1.54) is 16.2 Å². The molecule has 2 heterocycles. The number of rotatable bonds is 2. The predicted molar refractivity (Wildman–Crippen MR) is 58.4 cm³/mol. The van der Waals surface area contributed by atoms with Crippen molar-refractivity contribution in [3.63, 3.8) is 0 Å². The molecule has 0 aliphatic carbocycles. The number of thiophene rings is 1. The van der Waals surface area contributed by atoms with Crippen LogP contribution in [0, 0.1) is 5.92 Å². The molecule has 5 nitrogen and oxygen atoms in total. The van der Waals surface area contributed by atoms with Gasteiger partial charge in [0.15, 0.2) is 0 Å². The van der Waals surface area contributed by atoms with Gasteiger partial charge < -0.3 is 16.4 Å². The highest BCUT2D eigenvalue weighted by Gasteiger charge is 2.34.